The molecule has 6 nitrogen and oxygen atoms in total. The number of H-pyrrole nitrogens is 1. The Morgan fingerprint density at radius 2 is 1.93 bits per heavy atom. The van der Waals surface area contributed by atoms with E-state index in [0.717, 1.165) is 27.7 Å². The van der Waals surface area contributed by atoms with Crippen LogP contribution in [0.1, 0.15) is 5.56 Å². The van der Waals surface area contributed by atoms with Crippen LogP contribution in [0.3, 0.4) is 0 Å². The lowest BCUT2D eigenvalue weighted by molar-refractivity contribution is 0.628. The first kappa shape index (κ1) is 18.4. The van der Waals surface area contributed by atoms with Crippen LogP contribution in [-0.4, -0.2) is 31.5 Å². The minimum Gasteiger partial charge on any atom is -0.368 e. The van der Waals surface area contributed by atoms with Gasteiger partial charge >= 0.3 is 0 Å². The van der Waals surface area contributed by atoms with E-state index >= 15 is 0 Å². The van der Waals surface area contributed by atoms with Gasteiger partial charge in [0.2, 0.25) is 0 Å². The van der Waals surface area contributed by atoms with Crippen LogP contribution in [0.25, 0.3) is 33.3 Å². The molecule has 0 unspecified atom stereocenters. The molecule has 3 heterocycles. The summed E-state index contributed by atoms with van der Waals surface area (Å²) in [7, 11) is 0. The smallest absolute Gasteiger partial charge is 0.162 e. The second-order valence-corrected chi connectivity index (χ2v) is 7.22. The normalized spacial score (nSPS) is 11.3. The van der Waals surface area contributed by atoms with Crippen LogP contribution >= 0.6 is 11.6 Å². The quantitative estimate of drug-likeness (QED) is 0.419. The van der Waals surface area contributed by atoms with Gasteiger partial charge in [0.25, 0.3) is 0 Å². The molecule has 8 heteroatoms. The zero-order valence-electron chi connectivity index (χ0n) is 15.7. The SMILES string of the molecule is Fc1cccc(-c2nc3cccc(Cl)c3cc2CCNc2ncnc3[nH]cnc23)c1. The fourth-order valence-electron chi connectivity index (χ4n) is 3.49. The summed E-state index contributed by atoms with van der Waals surface area (Å²) in [5, 5.41) is 4.81. The molecule has 0 radical (unpaired) electrons. The Bertz CT molecular complexity index is 1370. The van der Waals surface area contributed by atoms with Crippen LogP contribution in [0.2, 0.25) is 5.02 Å². The fourth-order valence-corrected chi connectivity index (χ4v) is 3.71. The Balaban J connectivity index is 1.51. The number of imidazole rings is 1. The van der Waals surface area contributed by atoms with Crippen molar-refractivity contribution in [3.05, 3.63) is 77.6 Å². The number of hydrogen-bond acceptors (Lipinski definition) is 5. The van der Waals surface area contributed by atoms with Crippen molar-refractivity contribution in [1.82, 2.24) is 24.9 Å². The number of benzene rings is 2. The lowest BCUT2D eigenvalue weighted by Gasteiger charge is -2.13. The molecule has 0 bridgehead atoms. The Morgan fingerprint density at radius 3 is 2.83 bits per heavy atom. The number of anilines is 1. The topological polar surface area (TPSA) is 79.4 Å². The van der Waals surface area contributed by atoms with Gasteiger partial charge in [-0.25, -0.2) is 24.3 Å². The van der Waals surface area contributed by atoms with Crippen molar-refractivity contribution in [2.75, 3.05) is 11.9 Å². The van der Waals surface area contributed by atoms with Gasteiger partial charge in [0.05, 0.1) is 17.5 Å². The van der Waals surface area contributed by atoms with Crippen molar-refractivity contribution >= 4 is 39.5 Å². The Hall–Kier alpha value is -3.58. The monoisotopic (exact) mass is 418 g/mol. The third-order valence-corrected chi connectivity index (χ3v) is 5.22. The number of rotatable bonds is 5. The largest absolute Gasteiger partial charge is 0.368 e. The molecular formula is C22H16ClFN6. The van der Waals surface area contributed by atoms with Gasteiger partial charge < -0.3 is 10.3 Å². The van der Waals surface area contributed by atoms with E-state index in [1.54, 1.807) is 12.4 Å². The molecule has 2 aromatic carbocycles. The van der Waals surface area contributed by atoms with Gasteiger partial charge in [-0.15, -0.1) is 0 Å². The first-order chi connectivity index (χ1) is 14.7. The van der Waals surface area contributed by atoms with E-state index in [0.29, 0.717) is 35.0 Å². The third kappa shape index (κ3) is 3.44. The van der Waals surface area contributed by atoms with E-state index < -0.39 is 0 Å². The summed E-state index contributed by atoms with van der Waals surface area (Å²) in [6.45, 7) is 0.582. The average molecular weight is 419 g/mol. The Morgan fingerprint density at radius 1 is 1.03 bits per heavy atom. The van der Waals surface area contributed by atoms with E-state index in [1.807, 2.05) is 30.3 Å². The molecule has 0 fully saturated rings. The minimum absolute atomic E-state index is 0.300. The predicted octanol–water partition coefficient (Wildman–Crippen LogP) is 5.02. The highest BCUT2D eigenvalue weighted by Gasteiger charge is 2.13. The number of nitrogens with one attached hydrogen (secondary N) is 2. The van der Waals surface area contributed by atoms with Gasteiger partial charge in [-0.3, -0.25) is 0 Å². The average Bonchev–Trinajstić information content (AvgIpc) is 3.24. The molecule has 3 aromatic heterocycles. The molecule has 0 aliphatic carbocycles. The zero-order valence-corrected chi connectivity index (χ0v) is 16.5. The second-order valence-electron chi connectivity index (χ2n) is 6.81. The van der Waals surface area contributed by atoms with Gasteiger partial charge in [-0.05, 0) is 42.3 Å². The van der Waals surface area contributed by atoms with Gasteiger partial charge in [0.15, 0.2) is 11.5 Å². The summed E-state index contributed by atoms with van der Waals surface area (Å²) in [5.74, 6) is 0.354. The maximum absolute atomic E-state index is 13.9. The van der Waals surface area contributed by atoms with Crippen LogP contribution in [-0.2, 0) is 6.42 Å². The van der Waals surface area contributed by atoms with Gasteiger partial charge in [-0.2, -0.15) is 0 Å². The molecule has 0 amide bonds. The number of nitrogens with zero attached hydrogens (tertiary/aromatic N) is 4. The van der Waals surface area contributed by atoms with Crippen LogP contribution < -0.4 is 5.32 Å². The highest BCUT2D eigenvalue weighted by molar-refractivity contribution is 6.35. The summed E-state index contributed by atoms with van der Waals surface area (Å²) >= 11 is 6.39. The van der Waals surface area contributed by atoms with E-state index in [4.69, 9.17) is 16.6 Å². The number of halogens is 2. The summed E-state index contributed by atoms with van der Waals surface area (Å²) < 4.78 is 13.9. The minimum atomic E-state index is -0.300. The molecule has 0 saturated carbocycles. The highest BCUT2D eigenvalue weighted by atomic mass is 35.5. The predicted molar refractivity (Wildman–Crippen MR) is 116 cm³/mol. The Labute approximate surface area is 176 Å². The number of aromatic nitrogens is 5. The molecule has 0 saturated heterocycles. The van der Waals surface area contributed by atoms with Gasteiger partial charge in [0.1, 0.15) is 17.7 Å². The summed E-state index contributed by atoms with van der Waals surface area (Å²) in [5.41, 5.74) is 4.55. The van der Waals surface area contributed by atoms with E-state index in [-0.39, 0.29) is 5.82 Å². The molecule has 0 atom stereocenters. The lowest BCUT2D eigenvalue weighted by Crippen LogP contribution is -2.08. The van der Waals surface area contributed by atoms with Crippen LogP contribution in [0.15, 0.2) is 61.2 Å². The first-order valence-electron chi connectivity index (χ1n) is 9.41. The highest BCUT2D eigenvalue weighted by Crippen LogP contribution is 2.30. The first-order valence-corrected chi connectivity index (χ1v) is 9.79. The maximum atomic E-state index is 13.9. The van der Waals surface area contributed by atoms with Gasteiger partial charge in [0, 0.05) is 22.5 Å². The molecular weight excluding hydrogens is 403 g/mol. The molecule has 2 N–H and O–H groups in total. The number of fused-ring (bicyclic) bond motifs is 2. The van der Waals surface area contributed by atoms with Crippen LogP contribution in [0.5, 0.6) is 0 Å². The third-order valence-electron chi connectivity index (χ3n) is 4.89. The molecule has 5 rings (SSSR count). The van der Waals surface area contributed by atoms with Crippen molar-refractivity contribution in [2.45, 2.75) is 6.42 Å². The van der Waals surface area contributed by atoms with Gasteiger partial charge in [-0.1, -0.05) is 29.8 Å². The summed E-state index contributed by atoms with van der Waals surface area (Å²) in [6, 6.07) is 14.1. The lowest BCUT2D eigenvalue weighted by atomic mass is 10.0. The van der Waals surface area contributed by atoms with E-state index in [9.17, 15) is 4.39 Å². The summed E-state index contributed by atoms with van der Waals surface area (Å²) in [4.78, 5) is 20.4. The number of pyridine rings is 1. The Kier molecular flexibility index (Phi) is 4.72. The molecule has 30 heavy (non-hydrogen) atoms. The molecule has 0 aliphatic rings. The number of aromatic amines is 1. The van der Waals surface area contributed by atoms with Crippen molar-refractivity contribution in [3.8, 4) is 11.3 Å². The second kappa shape index (κ2) is 7.68. The van der Waals surface area contributed by atoms with Crippen molar-refractivity contribution < 1.29 is 4.39 Å². The van der Waals surface area contributed by atoms with Crippen LogP contribution in [0.4, 0.5) is 10.2 Å². The fraction of sp³-hybridized carbons (Fsp3) is 0.0909. The van der Waals surface area contributed by atoms with E-state index in [1.165, 1.54) is 18.5 Å². The summed E-state index contributed by atoms with van der Waals surface area (Å²) in [6.07, 6.45) is 3.70. The molecule has 0 aliphatic heterocycles. The molecule has 148 valence electrons. The molecule has 5 aromatic rings. The zero-order chi connectivity index (χ0) is 20.5. The van der Waals surface area contributed by atoms with Crippen molar-refractivity contribution in [1.29, 1.82) is 0 Å². The van der Waals surface area contributed by atoms with E-state index in [2.05, 4.69) is 25.3 Å². The maximum Gasteiger partial charge on any atom is 0.162 e. The van der Waals surface area contributed by atoms with Crippen molar-refractivity contribution in [3.63, 3.8) is 0 Å². The standard InChI is InChI=1S/C22H16ClFN6/c23-17-5-2-6-18-16(17)10-14(19(30-18)13-3-1-4-15(24)9-13)7-8-25-21-20-22(27-11-26-20)29-12-28-21/h1-6,9-12H,7-8H2,(H2,25,26,27,28,29). The number of hydrogen-bond donors (Lipinski definition) is 2. The van der Waals surface area contributed by atoms with Crippen LogP contribution in [0, 0.1) is 5.82 Å². The van der Waals surface area contributed by atoms with Crippen molar-refractivity contribution in [2.24, 2.45) is 0 Å². The molecule has 0 spiro atoms.